The second kappa shape index (κ2) is 4.35. The molecule has 0 aromatic carbocycles. The second-order valence-corrected chi connectivity index (χ2v) is 5.42. The molecule has 0 bridgehead atoms. The van der Waals surface area contributed by atoms with Gasteiger partial charge < -0.3 is 10.4 Å². The van der Waals surface area contributed by atoms with E-state index in [0.717, 1.165) is 44.3 Å². The van der Waals surface area contributed by atoms with E-state index in [4.69, 9.17) is 0 Å². The minimum absolute atomic E-state index is 0.0152. The van der Waals surface area contributed by atoms with Crippen molar-refractivity contribution in [1.29, 1.82) is 0 Å². The van der Waals surface area contributed by atoms with E-state index in [2.05, 4.69) is 20.5 Å². The molecule has 2 aliphatic rings. The van der Waals surface area contributed by atoms with Crippen LogP contribution in [0.5, 0.6) is 0 Å². The number of amides is 1. The molecule has 6 nitrogen and oxygen atoms in total. The number of nitrogens with one attached hydrogen (secondary N) is 2. The highest BCUT2D eigenvalue weighted by Crippen LogP contribution is 2.37. The summed E-state index contributed by atoms with van der Waals surface area (Å²) in [6.45, 7) is -0.0152. The summed E-state index contributed by atoms with van der Waals surface area (Å²) in [4.78, 5) is 16.3. The van der Waals surface area contributed by atoms with Crippen LogP contribution in [0.3, 0.4) is 0 Å². The van der Waals surface area contributed by atoms with Crippen LogP contribution in [-0.4, -0.2) is 38.3 Å². The number of aliphatic hydroxyl groups excluding tert-OH is 1. The molecule has 98 valence electrons. The van der Waals surface area contributed by atoms with Crippen molar-refractivity contribution in [2.24, 2.45) is 0 Å². The van der Waals surface area contributed by atoms with E-state index in [1.165, 1.54) is 0 Å². The number of aromatic nitrogens is 3. The summed E-state index contributed by atoms with van der Waals surface area (Å²) in [6.07, 6.45) is 5.99. The lowest BCUT2D eigenvalue weighted by Gasteiger charge is -2.27. The van der Waals surface area contributed by atoms with Gasteiger partial charge in [0.25, 0.3) is 5.91 Å². The summed E-state index contributed by atoms with van der Waals surface area (Å²) in [5, 5.41) is 19.1. The van der Waals surface area contributed by atoms with Crippen molar-refractivity contribution in [3.63, 3.8) is 0 Å². The SMILES string of the molecule is O=C(NC1(CO)CCCC1)c1n[nH]c(C2CC2)n1. The van der Waals surface area contributed by atoms with Gasteiger partial charge >= 0.3 is 0 Å². The van der Waals surface area contributed by atoms with Crippen LogP contribution in [0.15, 0.2) is 0 Å². The Morgan fingerprint density at radius 2 is 2.17 bits per heavy atom. The number of nitrogens with zero attached hydrogens (tertiary/aromatic N) is 2. The summed E-state index contributed by atoms with van der Waals surface area (Å²) in [5.41, 5.74) is -0.461. The number of carbonyl (C=O) groups is 1. The normalized spacial score (nSPS) is 22.1. The zero-order valence-corrected chi connectivity index (χ0v) is 10.3. The van der Waals surface area contributed by atoms with Gasteiger partial charge in [-0.25, -0.2) is 4.98 Å². The average Bonchev–Trinajstić information content (AvgIpc) is 2.94. The Labute approximate surface area is 105 Å². The standard InChI is InChI=1S/C12H18N4O2/c17-7-12(5-1-2-6-12)14-11(18)10-13-9(15-16-10)8-3-4-8/h8,17H,1-7H2,(H,14,18)(H,13,15,16). The molecule has 2 aliphatic carbocycles. The Bertz CT molecular complexity index is 447. The van der Waals surface area contributed by atoms with Crippen LogP contribution in [0.4, 0.5) is 0 Å². The smallest absolute Gasteiger partial charge is 0.291 e. The van der Waals surface area contributed by atoms with Gasteiger partial charge in [-0.3, -0.25) is 9.89 Å². The predicted octanol–water partition coefficient (Wildman–Crippen LogP) is 0.717. The summed E-state index contributed by atoms with van der Waals surface area (Å²) >= 11 is 0. The van der Waals surface area contributed by atoms with Crippen LogP contribution in [0.25, 0.3) is 0 Å². The second-order valence-electron chi connectivity index (χ2n) is 5.42. The minimum atomic E-state index is -0.461. The summed E-state index contributed by atoms with van der Waals surface area (Å²) in [5.74, 6) is 1.17. The largest absolute Gasteiger partial charge is 0.394 e. The van der Waals surface area contributed by atoms with Gasteiger partial charge in [-0.2, -0.15) is 0 Å². The molecule has 0 unspecified atom stereocenters. The molecule has 0 atom stereocenters. The van der Waals surface area contributed by atoms with Crippen LogP contribution in [0.2, 0.25) is 0 Å². The highest BCUT2D eigenvalue weighted by atomic mass is 16.3. The van der Waals surface area contributed by atoms with Gasteiger partial charge in [-0.05, 0) is 25.7 Å². The first-order valence-corrected chi connectivity index (χ1v) is 6.58. The third-order valence-electron chi connectivity index (χ3n) is 3.91. The maximum absolute atomic E-state index is 12.1. The zero-order valence-electron chi connectivity index (χ0n) is 10.3. The van der Waals surface area contributed by atoms with Gasteiger partial charge in [0.05, 0.1) is 12.1 Å². The average molecular weight is 250 g/mol. The first-order chi connectivity index (χ1) is 8.72. The Balaban J connectivity index is 1.69. The van der Waals surface area contributed by atoms with Crippen LogP contribution >= 0.6 is 0 Å². The highest BCUT2D eigenvalue weighted by molar-refractivity contribution is 5.91. The molecule has 1 aromatic heterocycles. The van der Waals surface area contributed by atoms with Crippen molar-refractivity contribution >= 4 is 5.91 Å². The molecule has 1 aromatic rings. The Kier molecular flexibility index (Phi) is 2.81. The number of hydrogen-bond acceptors (Lipinski definition) is 4. The summed E-state index contributed by atoms with van der Waals surface area (Å²) in [7, 11) is 0. The molecular formula is C12H18N4O2. The summed E-state index contributed by atoms with van der Waals surface area (Å²) < 4.78 is 0. The van der Waals surface area contributed by atoms with Crippen LogP contribution < -0.4 is 5.32 Å². The molecule has 3 rings (SSSR count). The predicted molar refractivity (Wildman–Crippen MR) is 64.1 cm³/mol. The van der Waals surface area contributed by atoms with Crippen molar-refractivity contribution < 1.29 is 9.90 Å². The molecule has 18 heavy (non-hydrogen) atoms. The van der Waals surface area contributed by atoms with Gasteiger partial charge in [0.15, 0.2) is 0 Å². The summed E-state index contributed by atoms with van der Waals surface area (Å²) in [6, 6.07) is 0. The molecular weight excluding hydrogens is 232 g/mol. The maximum atomic E-state index is 12.1. The van der Waals surface area contributed by atoms with Crippen molar-refractivity contribution in [2.45, 2.75) is 50.0 Å². The number of aliphatic hydroxyl groups is 1. The van der Waals surface area contributed by atoms with E-state index in [1.807, 2.05) is 0 Å². The zero-order chi connectivity index (χ0) is 12.6. The van der Waals surface area contributed by atoms with Crippen molar-refractivity contribution in [3.05, 3.63) is 11.6 Å². The Morgan fingerprint density at radius 1 is 1.44 bits per heavy atom. The van der Waals surface area contributed by atoms with Gasteiger partial charge in [-0.1, -0.05) is 12.8 Å². The van der Waals surface area contributed by atoms with Gasteiger partial charge in [0.1, 0.15) is 5.82 Å². The lowest BCUT2D eigenvalue weighted by Crippen LogP contribution is -2.49. The van der Waals surface area contributed by atoms with Gasteiger partial charge in [-0.15, -0.1) is 5.10 Å². The van der Waals surface area contributed by atoms with E-state index in [-0.39, 0.29) is 18.3 Å². The third kappa shape index (κ3) is 2.12. The molecule has 3 N–H and O–H groups in total. The van der Waals surface area contributed by atoms with E-state index >= 15 is 0 Å². The van der Waals surface area contributed by atoms with Crippen molar-refractivity contribution in [1.82, 2.24) is 20.5 Å². The van der Waals surface area contributed by atoms with Crippen molar-refractivity contribution in [2.75, 3.05) is 6.61 Å². The van der Waals surface area contributed by atoms with Crippen LogP contribution in [-0.2, 0) is 0 Å². The molecule has 2 fully saturated rings. The first-order valence-electron chi connectivity index (χ1n) is 6.58. The lowest BCUT2D eigenvalue weighted by atomic mass is 9.99. The van der Waals surface area contributed by atoms with E-state index < -0.39 is 5.54 Å². The lowest BCUT2D eigenvalue weighted by molar-refractivity contribution is 0.0828. The topological polar surface area (TPSA) is 90.9 Å². The Morgan fingerprint density at radius 3 is 2.78 bits per heavy atom. The number of aromatic amines is 1. The molecule has 0 aliphatic heterocycles. The molecule has 1 heterocycles. The van der Waals surface area contributed by atoms with Crippen molar-refractivity contribution in [3.8, 4) is 0 Å². The van der Waals surface area contributed by atoms with Crippen LogP contribution in [0.1, 0.15) is 60.9 Å². The number of carbonyl (C=O) groups excluding carboxylic acids is 1. The number of rotatable bonds is 4. The fraction of sp³-hybridized carbons (Fsp3) is 0.750. The quantitative estimate of drug-likeness (QED) is 0.734. The number of H-pyrrole nitrogens is 1. The molecule has 0 saturated heterocycles. The fourth-order valence-electron chi connectivity index (χ4n) is 2.59. The number of hydrogen-bond donors (Lipinski definition) is 3. The van der Waals surface area contributed by atoms with Gasteiger partial charge in [0.2, 0.25) is 5.82 Å². The fourth-order valence-corrected chi connectivity index (χ4v) is 2.59. The highest BCUT2D eigenvalue weighted by Gasteiger charge is 2.36. The maximum Gasteiger partial charge on any atom is 0.291 e. The molecule has 6 heteroatoms. The van der Waals surface area contributed by atoms with E-state index in [0.29, 0.717) is 5.92 Å². The molecule has 2 saturated carbocycles. The first kappa shape index (κ1) is 11.6. The Hall–Kier alpha value is -1.43. The van der Waals surface area contributed by atoms with E-state index in [9.17, 15) is 9.90 Å². The minimum Gasteiger partial charge on any atom is -0.394 e. The van der Waals surface area contributed by atoms with E-state index in [1.54, 1.807) is 0 Å². The third-order valence-corrected chi connectivity index (χ3v) is 3.91. The molecule has 0 radical (unpaired) electrons. The molecule has 1 amide bonds. The van der Waals surface area contributed by atoms with Gasteiger partial charge in [0, 0.05) is 5.92 Å². The monoisotopic (exact) mass is 250 g/mol. The molecule has 0 spiro atoms. The van der Waals surface area contributed by atoms with Crippen LogP contribution in [0, 0.1) is 0 Å².